The molecule has 0 aromatic heterocycles. The quantitative estimate of drug-likeness (QED) is 0.449. The van der Waals surface area contributed by atoms with E-state index in [-0.39, 0.29) is 29.3 Å². The fourth-order valence-corrected chi connectivity index (χ4v) is 7.03. The van der Waals surface area contributed by atoms with Gasteiger partial charge in [-0.2, -0.15) is 0 Å². The average Bonchev–Trinajstić information content (AvgIpc) is 3.26. The minimum absolute atomic E-state index is 0.0889. The zero-order valence-corrected chi connectivity index (χ0v) is 21.6. The predicted octanol–water partition coefficient (Wildman–Crippen LogP) is 2.22. The van der Waals surface area contributed by atoms with Crippen LogP contribution in [0.2, 0.25) is 0 Å². The van der Waals surface area contributed by atoms with Crippen molar-refractivity contribution < 1.29 is 34.8 Å². The van der Waals surface area contributed by atoms with Crippen LogP contribution in [0.3, 0.4) is 0 Å². The molecule has 0 bridgehead atoms. The molecule has 9 heteroatoms. The second-order valence-electron chi connectivity index (χ2n) is 11.0. The number of Topliss-reactive ketones (excluding diaryl/α,β-unsaturated/α-hetero) is 3. The number of rotatable bonds is 4. The molecule has 0 radical (unpaired) electrons. The van der Waals surface area contributed by atoms with E-state index in [2.05, 4.69) is 4.90 Å². The largest absolute Gasteiger partial charge is 0.508 e. The van der Waals surface area contributed by atoms with Crippen LogP contribution in [-0.4, -0.2) is 86.4 Å². The lowest BCUT2D eigenvalue weighted by Gasteiger charge is -2.50. The van der Waals surface area contributed by atoms with Crippen LogP contribution in [0.15, 0.2) is 29.0 Å². The highest BCUT2D eigenvalue weighted by Crippen LogP contribution is 2.53. The summed E-state index contributed by atoms with van der Waals surface area (Å²) < 4.78 is 0. The van der Waals surface area contributed by atoms with E-state index >= 15 is 0 Å². The summed E-state index contributed by atoms with van der Waals surface area (Å²) in [6, 6.07) is 2.73. The molecular formula is C28H34N2O7. The maximum absolute atomic E-state index is 13.9. The molecular weight excluding hydrogens is 476 g/mol. The summed E-state index contributed by atoms with van der Waals surface area (Å²) in [5.74, 6) is -5.37. The third-order valence-corrected chi connectivity index (χ3v) is 8.98. The maximum atomic E-state index is 13.9. The Morgan fingerprint density at radius 3 is 2.51 bits per heavy atom. The van der Waals surface area contributed by atoms with Crippen molar-refractivity contribution in [3.8, 4) is 5.75 Å². The molecule has 0 spiro atoms. The molecule has 0 amide bonds. The molecule has 37 heavy (non-hydrogen) atoms. The molecule has 1 unspecified atom stereocenters. The van der Waals surface area contributed by atoms with Crippen molar-refractivity contribution in [3.05, 3.63) is 45.7 Å². The average molecular weight is 511 g/mol. The lowest BCUT2D eigenvalue weighted by Crippen LogP contribution is -2.65. The topological polar surface area (TPSA) is 139 Å². The Labute approximate surface area is 215 Å². The van der Waals surface area contributed by atoms with Crippen LogP contribution < -0.4 is 0 Å². The third-order valence-electron chi connectivity index (χ3n) is 8.98. The van der Waals surface area contributed by atoms with Gasteiger partial charge in [-0.1, -0.05) is 13.0 Å². The molecule has 1 heterocycles. The number of nitrogens with zero attached hydrogens (tertiary/aromatic N) is 2. The van der Waals surface area contributed by atoms with Gasteiger partial charge in [0.2, 0.25) is 5.78 Å². The molecule has 1 saturated carbocycles. The fourth-order valence-electron chi connectivity index (χ4n) is 7.03. The van der Waals surface area contributed by atoms with Gasteiger partial charge in [-0.05, 0) is 82.9 Å². The van der Waals surface area contributed by atoms with Gasteiger partial charge in [-0.25, -0.2) is 0 Å². The van der Waals surface area contributed by atoms with Crippen LogP contribution in [0.5, 0.6) is 5.75 Å². The highest BCUT2D eigenvalue weighted by atomic mass is 16.3. The summed E-state index contributed by atoms with van der Waals surface area (Å²) in [5, 5.41) is 45.0. The normalized spacial score (nSPS) is 32.1. The summed E-state index contributed by atoms with van der Waals surface area (Å²) in [6.07, 6.45) is 2.46. The van der Waals surface area contributed by atoms with Crippen molar-refractivity contribution in [2.75, 3.05) is 27.2 Å². The Morgan fingerprint density at radius 2 is 1.92 bits per heavy atom. The second-order valence-corrected chi connectivity index (χ2v) is 11.0. The van der Waals surface area contributed by atoms with E-state index in [9.17, 15) is 34.8 Å². The fraction of sp³-hybridized carbons (Fsp3) is 0.536. The molecule has 5 rings (SSSR count). The first-order chi connectivity index (χ1) is 17.4. The monoisotopic (exact) mass is 510 g/mol. The predicted molar refractivity (Wildman–Crippen MR) is 135 cm³/mol. The van der Waals surface area contributed by atoms with E-state index < -0.39 is 57.9 Å². The van der Waals surface area contributed by atoms with Gasteiger partial charge in [-0.3, -0.25) is 24.2 Å². The van der Waals surface area contributed by atoms with Crippen LogP contribution in [0.4, 0.5) is 0 Å². The van der Waals surface area contributed by atoms with E-state index in [1.54, 1.807) is 18.0 Å². The van der Waals surface area contributed by atoms with E-state index in [1.165, 1.54) is 0 Å². The van der Waals surface area contributed by atoms with E-state index in [1.807, 2.05) is 20.0 Å². The second kappa shape index (κ2) is 8.79. The summed E-state index contributed by atoms with van der Waals surface area (Å²) in [6.45, 7) is 4.30. The molecule has 4 aliphatic rings. The van der Waals surface area contributed by atoms with Crippen LogP contribution in [0, 0.1) is 11.8 Å². The van der Waals surface area contributed by atoms with E-state index in [4.69, 9.17) is 0 Å². The number of phenolic OH excluding ortho intramolecular Hbond substituents is 1. The minimum atomic E-state index is -2.54. The number of aromatic hydroxyl groups is 1. The SMILES string of the molecule is CCN(C)[C@@H]1C(=O)C(C(C)=O)=C(O)[C@@]2(O)C(=O)C3=C(O)c4c(O)cc(C5CCCN5C)cc4C[C@H]3C[C@@H]12. The number of hydrogen-bond acceptors (Lipinski definition) is 9. The molecule has 1 aromatic carbocycles. The Hall–Kier alpha value is -3.01. The highest BCUT2D eigenvalue weighted by molar-refractivity contribution is 6.25. The summed E-state index contributed by atoms with van der Waals surface area (Å²) in [4.78, 5) is 43.5. The number of hydrogen-bond donors (Lipinski definition) is 4. The van der Waals surface area contributed by atoms with Gasteiger partial charge < -0.3 is 20.4 Å². The standard InChI is InChI=1S/C28H34N2O7/c1-5-29(3)23-17-11-16-10-15-9-14(18-7-6-8-30(18)4)12-19(32)21(15)24(33)22(16)27(36)28(17,37)26(35)20(13(2)31)25(23)34/h9,12,16-18,23,32-33,35,37H,5-8,10-11H2,1-4H3/t16-,17-,18?,23-,28+/m0/s1. The molecule has 1 aromatic rings. The number of aliphatic hydroxyl groups excluding tert-OH is 2. The Bertz CT molecular complexity index is 1280. The smallest absolute Gasteiger partial charge is 0.202 e. The number of aliphatic hydroxyl groups is 3. The van der Waals surface area contributed by atoms with Gasteiger partial charge >= 0.3 is 0 Å². The Morgan fingerprint density at radius 1 is 1.22 bits per heavy atom. The van der Waals surface area contributed by atoms with Crippen LogP contribution in [0.25, 0.3) is 5.76 Å². The van der Waals surface area contributed by atoms with Crippen LogP contribution >= 0.6 is 0 Å². The number of benzene rings is 1. The summed E-state index contributed by atoms with van der Waals surface area (Å²) >= 11 is 0. The Balaban J connectivity index is 1.67. The lowest BCUT2D eigenvalue weighted by molar-refractivity contribution is -0.154. The third kappa shape index (κ3) is 3.51. The van der Waals surface area contributed by atoms with Gasteiger partial charge in [-0.15, -0.1) is 0 Å². The number of carbonyl (C=O) groups excluding carboxylic acids is 3. The van der Waals surface area contributed by atoms with Crippen LogP contribution in [0.1, 0.15) is 55.8 Å². The van der Waals surface area contributed by atoms with Gasteiger partial charge in [0.05, 0.1) is 11.6 Å². The van der Waals surface area contributed by atoms with Crippen molar-refractivity contribution in [2.24, 2.45) is 11.8 Å². The number of likely N-dealkylation sites (tertiary alicyclic amines) is 1. The zero-order chi connectivity index (χ0) is 27.0. The number of carbonyl (C=O) groups is 3. The van der Waals surface area contributed by atoms with E-state index in [0.717, 1.165) is 31.9 Å². The number of fused-ring (bicyclic) bond motifs is 3. The first-order valence-corrected chi connectivity index (χ1v) is 12.9. The summed E-state index contributed by atoms with van der Waals surface area (Å²) in [5.41, 5.74) is -1.42. The van der Waals surface area contributed by atoms with Gasteiger partial charge in [0.15, 0.2) is 17.2 Å². The van der Waals surface area contributed by atoms with E-state index in [0.29, 0.717) is 18.5 Å². The first-order valence-electron chi connectivity index (χ1n) is 12.9. The van der Waals surface area contributed by atoms with Gasteiger partial charge in [0, 0.05) is 17.5 Å². The first kappa shape index (κ1) is 25.6. The molecule has 4 N–H and O–H groups in total. The lowest BCUT2D eigenvalue weighted by atomic mass is 9.57. The number of likely N-dealkylation sites (N-methyl/N-ethyl adjacent to an activating group) is 1. The van der Waals surface area contributed by atoms with Gasteiger partial charge in [0.1, 0.15) is 22.8 Å². The van der Waals surface area contributed by atoms with Crippen molar-refractivity contribution >= 4 is 23.1 Å². The molecule has 1 saturated heterocycles. The molecule has 198 valence electrons. The molecule has 3 aliphatic carbocycles. The zero-order valence-electron chi connectivity index (χ0n) is 21.6. The minimum Gasteiger partial charge on any atom is -0.508 e. The van der Waals surface area contributed by atoms with Crippen molar-refractivity contribution in [3.63, 3.8) is 0 Å². The van der Waals surface area contributed by atoms with Crippen molar-refractivity contribution in [1.82, 2.24) is 9.80 Å². The number of phenols is 1. The molecule has 1 aliphatic heterocycles. The van der Waals surface area contributed by atoms with Crippen molar-refractivity contribution in [2.45, 2.75) is 57.2 Å². The molecule has 9 nitrogen and oxygen atoms in total. The van der Waals surface area contributed by atoms with Crippen LogP contribution in [-0.2, 0) is 20.8 Å². The number of ketones is 3. The molecule has 5 atom stereocenters. The highest BCUT2D eigenvalue weighted by Gasteiger charge is 2.64. The Kier molecular flexibility index (Phi) is 6.09. The van der Waals surface area contributed by atoms with Gasteiger partial charge in [0.25, 0.3) is 0 Å². The van der Waals surface area contributed by atoms with Crippen molar-refractivity contribution in [1.29, 1.82) is 0 Å². The molecule has 2 fully saturated rings. The maximum Gasteiger partial charge on any atom is 0.202 e. The summed E-state index contributed by atoms with van der Waals surface area (Å²) in [7, 11) is 3.71.